The van der Waals surface area contributed by atoms with E-state index in [1.165, 1.54) is 35.1 Å². The Morgan fingerprint density at radius 3 is 2.83 bits per heavy atom. The number of rotatable bonds is 4. The van der Waals surface area contributed by atoms with Crippen LogP contribution in [0.4, 0.5) is 13.2 Å². The summed E-state index contributed by atoms with van der Waals surface area (Å²) in [6, 6.07) is 5.65. The number of imidazole rings is 1. The van der Waals surface area contributed by atoms with Gasteiger partial charge in [0.1, 0.15) is 11.4 Å². The lowest BCUT2D eigenvalue weighted by atomic mass is 10.3. The summed E-state index contributed by atoms with van der Waals surface area (Å²) in [5.41, 5.74) is 0.0665. The highest BCUT2D eigenvalue weighted by Crippen LogP contribution is 2.29. The van der Waals surface area contributed by atoms with Crippen LogP contribution in [-0.4, -0.2) is 15.3 Å². The lowest BCUT2D eigenvalue weighted by Gasteiger charge is -2.05. The van der Waals surface area contributed by atoms with E-state index in [0.29, 0.717) is 17.1 Å². The Labute approximate surface area is 134 Å². The average Bonchev–Trinajstić information content (AvgIpc) is 3.18. The van der Waals surface area contributed by atoms with Crippen molar-refractivity contribution in [3.05, 3.63) is 66.0 Å². The van der Waals surface area contributed by atoms with E-state index in [1.807, 2.05) is 0 Å². The van der Waals surface area contributed by atoms with Gasteiger partial charge < -0.3 is 14.1 Å². The van der Waals surface area contributed by atoms with Gasteiger partial charge in [0, 0.05) is 18.5 Å². The fraction of sp³-hybridized carbons (Fsp3) is 0.125. The lowest BCUT2D eigenvalue weighted by molar-refractivity contribution is -0.137. The van der Waals surface area contributed by atoms with E-state index >= 15 is 0 Å². The minimum Gasteiger partial charge on any atom is -0.465 e. The number of carbonyl (C=O) groups is 1. The second kappa shape index (κ2) is 6.23. The number of furan rings is 1. The molecule has 3 heterocycles. The monoisotopic (exact) mass is 335 g/mol. The lowest BCUT2D eigenvalue weighted by Crippen LogP contribution is -2.20. The quantitative estimate of drug-likeness (QED) is 0.745. The summed E-state index contributed by atoms with van der Waals surface area (Å²) in [4.78, 5) is 15.8. The largest absolute Gasteiger partial charge is 0.465 e. The van der Waals surface area contributed by atoms with Gasteiger partial charge in [-0.1, -0.05) is 0 Å². The summed E-state index contributed by atoms with van der Waals surface area (Å²) in [7, 11) is 0. The molecule has 0 unspecified atom stereocenters. The van der Waals surface area contributed by atoms with Gasteiger partial charge in [-0.2, -0.15) is 13.2 Å². The van der Waals surface area contributed by atoms with E-state index in [-0.39, 0.29) is 12.5 Å². The van der Waals surface area contributed by atoms with Gasteiger partial charge in [0.05, 0.1) is 24.1 Å². The maximum absolute atomic E-state index is 12.7. The van der Waals surface area contributed by atoms with Crippen molar-refractivity contribution in [2.45, 2.75) is 12.7 Å². The summed E-state index contributed by atoms with van der Waals surface area (Å²) >= 11 is 0. The van der Waals surface area contributed by atoms with Crippen molar-refractivity contribution < 1.29 is 22.4 Å². The summed E-state index contributed by atoms with van der Waals surface area (Å²) in [5.74, 6) is 0.178. The molecule has 0 fully saturated rings. The van der Waals surface area contributed by atoms with Gasteiger partial charge in [-0.3, -0.25) is 4.79 Å². The maximum Gasteiger partial charge on any atom is 0.417 e. The average molecular weight is 335 g/mol. The van der Waals surface area contributed by atoms with Crippen LogP contribution in [0, 0.1) is 0 Å². The number of halogens is 3. The molecule has 124 valence electrons. The molecule has 1 amide bonds. The smallest absolute Gasteiger partial charge is 0.417 e. The van der Waals surface area contributed by atoms with Crippen LogP contribution in [0.2, 0.25) is 0 Å². The van der Waals surface area contributed by atoms with Crippen LogP contribution in [-0.2, 0) is 17.5 Å². The third kappa shape index (κ3) is 3.65. The number of fused-ring (bicyclic) bond motifs is 1. The molecule has 0 bridgehead atoms. The van der Waals surface area contributed by atoms with E-state index in [1.54, 1.807) is 12.1 Å². The molecule has 8 heteroatoms. The molecule has 0 aromatic carbocycles. The first-order valence-electron chi connectivity index (χ1n) is 6.96. The van der Waals surface area contributed by atoms with Crippen LogP contribution in [0.3, 0.4) is 0 Å². The Kier molecular flexibility index (Phi) is 4.11. The van der Waals surface area contributed by atoms with Crippen molar-refractivity contribution in [3.8, 4) is 0 Å². The predicted molar refractivity (Wildman–Crippen MR) is 79.8 cm³/mol. The summed E-state index contributed by atoms with van der Waals surface area (Å²) in [6.07, 6.45) is 2.30. The van der Waals surface area contributed by atoms with Crippen molar-refractivity contribution >= 4 is 17.6 Å². The number of alkyl halides is 3. The van der Waals surface area contributed by atoms with E-state index in [4.69, 9.17) is 4.42 Å². The minimum absolute atomic E-state index is 0.102. The molecule has 0 saturated carbocycles. The van der Waals surface area contributed by atoms with Gasteiger partial charge in [0.25, 0.3) is 0 Å². The Hall–Kier alpha value is -3.03. The molecule has 3 rings (SSSR count). The van der Waals surface area contributed by atoms with E-state index in [2.05, 4.69) is 10.3 Å². The van der Waals surface area contributed by atoms with Crippen molar-refractivity contribution in [2.75, 3.05) is 0 Å². The first kappa shape index (κ1) is 15.9. The Morgan fingerprint density at radius 1 is 1.29 bits per heavy atom. The second-order valence-corrected chi connectivity index (χ2v) is 4.98. The van der Waals surface area contributed by atoms with Gasteiger partial charge in [-0.05, 0) is 30.3 Å². The van der Waals surface area contributed by atoms with Gasteiger partial charge in [0.15, 0.2) is 0 Å². The molecule has 0 atom stereocenters. The van der Waals surface area contributed by atoms with Gasteiger partial charge in [-0.25, -0.2) is 4.98 Å². The number of aromatic nitrogens is 2. The summed E-state index contributed by atoms with van der Waals surface area (Å²) in [6.45, 7) is 0.102. The van der Waals surface area contributed by atoms with E-state index in [9.17, 15) is 18.0 Å². The van der Waals surface area contributed by atoms with Crippen molar-refractivity contribution in [3.63, 3.8) is 0 Å². The Balaban J connectivity index is 1.66. The number of carbonyl (C=O) groups excluding carboxylic acids is 1. The molecular formula is C16H12F3N3O2. The molecule has 0 spiro atoms. The normalized spacial score (nSPS) is 12.1. The molecule has 0 radical (unpaired) electrons. The van der Waals surface area contributed by atoms with Gasteiger partial charge >= 0.3 is 6.18 Å². The van der Waals surface area contributed by atoms with Crippen molar-refractivity contribution in [1.82, 2.24) is 14.7 Å². The zero-order chi connectivity index (χ0) is 17.2. The van der Waals surface area contributed by atoms with Crippen molar-refractivity contribution in [2.24, 2.45) is 0 Å². The molecule has 3 aromatic heterocycles. The fourth-order valence-corrected chi connectivity index (χ4v) is 2.08. The summed E-state index contributed by atoms with van der Waals surface area (Å²) in [5, 5.41) is 2.60. The topological polar surface area (TPSA) is 59.5 Å². The van der Waals surface area contributed by atoms with Crippen LogP contribution in [0.1, 0.15) is 17.0 Å². The van der Waals surface area contributed by atoms with Crippen LogP contribution < -0.4 is 5.32 Å². The number of nitrogens with zero attached hydrogens (tertiary/aromatic N) is 2. The third-order valence-electron chi connectivity index (χ3n) is 3.21. The predicted octanol–water partition coefficient (Wildman–Crippen LogP) is 3.28. The number of nitrogens with one attached hydrogen (secondary N) is 1. The van der Waals surface area contributed by atoms with E-state index in [0.717, 1.165) is 12.3 Å². The van der Waals surface area contributed by atoms with Crippen LogP contribution in [0.25, 0.3) is 11.7 Å². The third-order valence-corrected chi connectivity index (χ3v) is 3.21. The highest BCUT2D eigenvalue weighted by atomic mass is 19.4. The highest BCUT2D eigenvalue weighted by Gasteiger charge is 2.30. The standard InChI is InChI=1S/C16H12F3N3O2/c17-16(18,19)11-3-5-14-21-12(10-22(14)9-11)8-20-15(23)6-4-13-2-1-7-24-13/h1-7,9-10H,8H2,(H,20,23)/b6-4+. The zero-order valence-electron chi connectivity index (χ0n) is 12.2. The number of hydrogen-bond acceptors (Lipinski definition) is 3. The summed E-state index contributed by atoms with van der Waals surface area (Å²) < 4.78 is 44.3. The molecule has 1 N–H and O–H groups in total. The Bertz CT molecular complexity index is 880. The SMILES string of the molecule is O=C(/C=C/c1ccco1)NCc1cn2cc(C(F)(F)F)ccc2n1. The molecule has 24 heavy (non-hydrogen) atoms. The number of amides is 1. The van der Waals surface area contributed by atoms with E-state index < -0.39 is 11.7 Å². The van der Waals surface area contributed by atoms with Gasteiger partial charge in [0.2, 0.25) is 5.91 Å². The molecule has 3 aromatic rings. The van der Waals surface area contributed by atoms with Crippen LogP contribution in [0.15, 0.2) is 53.4 Å². The number of pyridine rings is 1. The molecule has 0 saturated heterocycles. The first-order valence-corrected chi connectivity index (χ1v) is 6.96. The van der Waals surface area contributed by atoms with Crippen LogP contribution in [0.5, 0.6) is 0 Å². The Morgan fingerprint density at radius 2 is 2.12 bits per heavy atom. The first-order chi connectivity index (χ1) is 11.4. The highest BCUT2D eigenvalue weighted by molar-refractivity contribution is 5.91. The minimum atomic E-state index is -4.41. The number of hydrogen-bond donors (Lipinski definition) is 1. The zero-order valence-corrected chi connectivity index (χ0v) is 12.2. The fourth-order valence-electron chi connectivity index (χ4n) is 2.08. The molecule has 0 aliphatic heterocycles. The molecule has 0 aliphatic carbocycles. The second-order valence-electron chi connectivity index (χ2n) is 4.98. The van der Waals surface area contributed by atoms with Crippen molar-refractivity contribution in [1.29, 1.82) is 0 Å². The molecular weight excluding hydrogens is 323 g/mol. The maximum atomic E-state index is 12.7. The molecule has 5 nitrogen and oxygen atoms in total. The van der Waals surface area contributed by atoms with Crippen LogP contribution >= 0.6 is 0 Å². The van der Waals surface area contributed by atoms with Gasteiger partial charge in [-0.15, -0.1) is 0 Å². The molecule has 0 aliphatic rings.